The lowest BCUT2D eigenvalue weighted by atomic mass is 9.76. The largest absolute Gasteiger partial charge is 0.478 e. The van der Waals surface area contributed by atoms with E-state index in [1.807, 2.05) is 6.07 Å². The Morgan fingerprint density at radius 3 is 2.56 bits per heavy atom. The lowest BCUT2D eigenvalue weighted by Gasteiger charge is -2.29. The highest BCUT2D eigenvalue weighted by Crippen LogP contribution is 2.45. The lowest BCUT2D eigenvalue weighted by Crippen LogP contribution is -2.22. The molecule has 4 rings (SSSR count). The number of thiophene rings is 1. The molecule has 0 spiro atoms. The number of benzene rings is 2. The molecular formula is C28H33NO2S. The molecule has 4 heteroatoms. The summed E-state index contributed by atoms with van der Waals surface area (Å²) in [5, 5.41) is 10.1. The van der Waals surface area contributed by atoms with Gasteiger partial charge >= 0.3 is 5.97 Å². The predicted octanol–water partition coefficient (Wildman–Crippen LogP) is 6.69. The third-order valence-corrected chi connectivity index (χ3v) is 7.86. The number of carboxylic acid groups (broad SMARTS) is 1. The first-order valence-electron chi connectivity index (χ1n) is 11.5. The van der Waals surface area contributed by atoms with E-state index in [9.17, 15) is 9.90 Å². The molecule has 1 heterocycles. The normalized spacial score (nSPS) is 15.0. The van der Waals surface area contributed by atoms with E-state index >= 15 is 0 Å². The summed E-state index contributed by atoms with van der Waals surface area (Å²) in [5.41, 5.74) is 5.43. The maximum Gasteiger partial charge on any atom is 0.337 e. The summed E-state index contributed by atoms with van der Waals surface area (Å²) in [5.74, 6) is -0.791. The van der Waals surface area contributed by atoms with E-state index in [-0.39, 0.29) is 5.41 Å². The summed E-state index contributed by atoms with van der Waals surface area (Å²) < 4.78 is 0. The number of fused-ring (bicyclic) bond motifs is 1. The van der Waals surface area contributed by atoms with E-state index in [0.29, 0.717) is 5.56 Å². The number of aromatic carboxylic acids is 1. The molecule has 32 heavy (non-hydrogen) atoms. The molecular weight excluding hydrogens is 414 g/mol. The second-order valence-corrected chi connectivity index (χ2v) is 10.9. The first-order chi connectivity index (χ1) is 15.3. The van der Waals surface area contributed by atoms with Gasteiger partial charge in [0.1, 0.15) is 0 Å². The highest BCUT2D eigenvalue weighted by molar-refractivity contribution is 7.16. The molecule has 1 aromatic heterocycles. The van der Waals surface area contributed by atoms with Crippen LogP contribution in [0.5, 0.6) is 0 Å². The van der Waals surface area contributed by atoms with Crippen molar-refractivity contribution in [2.24, 2.45) is 5.41 Å². The zero-order valence-electron chi connectivity index (χ0n) is 19.4. The van der Waals surface area contributed by atoms with Crippen molar-refractivity contribution in [3.63, 3.8) is 0 Å². The van der Waals surface area contributed by atoms with Gasteiger partial charge in [-0.15, -0.1) is 11.3 Å². The monoisotopic (exact) mass is 447 g/mol. The molecule has 0 saturated carbocycles. The predicted molar refractivity (Wildman–Crippen MR) is 134 cm³/mol. The number of carboxylic acids is 1. The van der Waals surface area contributed by atoms with Crippen LogP contribution in [0.3, 0.4) is 0 Å². The molecule has 2 aromatic carbocycles. The molecule has 3 nitrogen and oxygen atoms in total. The molecule has 0 atom stereocenters. The van der Waals surface area contributed by atoms with Crippen LogP contribution >= 0.6 is 11.3 Å². The number of hydrogen-bond donors (Lipinski definition) is 1. The van der Waals surface area contributed by atoms with Crippen LogP contribution < -0.4 is 0 Å². The lowest BCUT2D eigenvalue weighted by molar-refractivity contribution is 0.0696. The number of carbonyl (C=O) groups is 1. The molecule has 1 aliphatic carbocycles. The summed E-state index contributed by atoms with van der Waals surface area (Å²) in [4.78, 5) is 16.9. The van der Waals surface area contributed by atoms with E-state index in [2.05, 4.69) is 74.3 Å². The standard InChI is InChI=1S/C28H33NO2S/c1-28(2)16-15-24-23(18-28)25(27(30)31)26(32-24)22-14-8-7-13-21(22)19-29(3)17-9-12-20-10-5-4-6-11-20/h4-8,10-11,13-14H,9,12,15-19H2,1-3H3,(H,30,31). The summed E-state index contributed by atoms with van der Waals surface area (Å²) >= 11 is 1.70. The van der Waals surface area contributed by atoms with E-state index < -0.39 is 5.97 Å². The third-order valence-electron chi connectivity index (χ3n) is 6.54. The number of rotatable bonds is 8. The molecule has 0 radical (unpaired) electrons. The molecule has 168 valence electrons. The van der Waals surface area contributed by atoms with Crippen molar-refractivity contribution in [3.05, 3.63) is 81.7 Å². The van der Waals surface area contributed by atoms with Crippen molar-refractivity contribution in [1.82, 2.24) is 4.90 Å². The minimum Gasteiger partial charge on any atom is -0.478 e. The summed E-state index contributed by atoms with van der Waals surface area (Å²) in [6.07, 6.45) is 5.12. The molecule has 0 bridgehead atoms. The quantitative estimate of drug-likeness (QED) is 0.418. The van der Waals surface area contributed by atoms with Crippen LogP contribution in [-0.4, -0.2) is 29.6 Å². The van der Waals surface area contributed by atoms with Gasteiger partial charge < -0.3 is 10.0 Å². The van der Waals surface area contributed by atoms with E-state index in [1.54, 1.807) is 11.3 Å². The van der Waals surface area contributed by atoms with Gasteiger partial charge in [0.25, 0.3) is 0 Å². The maximum absolute atomic E-state index is 12.3. The zero-order chi connectivity index (χ0) is 22.7. The molecule has 0 amide bonds. The Hall–Kier alpha value is -2.43. The first kappa shape index (κ1) is 22.8. The second-order valence-electron chi connectivity index (χ2n) is 9.84. The van der Waals surface area contributed by atoms with Crippen molar-refractivity contribution in [3.8, 4) is 10.4 Å². The van der Waals surface area contributed by atoms with Gasteiger partial charge in [-0.2, -0.15) is 0 Å². The fourth-order valence-corrected chi connectivity index (χ4v) is 6.15. The van der Waals surface area contributed by atoms with Crippen LogP contribution in [0.1, 0.15) is 58.6 Å². The van der Waals surface area contributed by atoms with Gasteiger partial charge in [0.2, 0.25) is 0 Å². The van der Waals surface area contributed by atoms with Crippen molar-refractivity contribution in [2.75, 3.05) is 13.6 Å². The van der Waals surface area contributed by atoms with Gasteiger partial charge in [0.05, 0.1) is 5.56 Å². The first-order valence-corrected chi connectivity index (χ1v) is 12.3. The summed E-state index contributed by atoms with van der Waals surface area (Å²) in [6, 6.07) is 19.0. The Labute approximate surface area is 195 Å². The molecule has 0 saturated heterocycles. The maximum atomic E-state index is 12.3. The Morgan fingerprint density at radius 1 is 1.09 bits per heavy atom. The summed E-state index contributed by atoms with van der Waals surface area (Å²) in [7, 11) is 2.15. The highest BCUT2D eigenvalue weighted by atomic mass is 32.1. The second kappa shape index (κ2) is 9.60. The Balaban J connectivity index is 1.55. The van der Waals surface area contributed by atoms with Crippen molar-refractivity contribution in [2.45, 2.75) is 52.5 Å². The fourth-order valence-electron chi connectivity index (χ4n) is 4.78. The van der Waals surface area contributed by atoms with Gasteiger partial charge in [0.15, 0.2) is 0 Å². The number of aryl methyl sites for hydroxylation is 2. The minimum absolute atomic E-state index is 0.161. The Bertz CT molecular complexity index is 1080. The van der Waals surface area contributed by atoms with Crippen molar-refractivity contribution in [1.29, 1.82) is 0 Å². The highest BCUT2D eigenvalue weighted by Gasteiger charge is 2.33. The van der Waals surface area contributed by atoms with Crippen LogP contribution in [-0.2, 0) is 25.8 Å². The van der Waals surface area contributed by atoms with E-state index in [1.165, 1.54) is 16.0 Å². The van der Waals surface area contributed by atoms with Gasteiger partial charge in [-0.05, 0) is 73.4 Å². The molecule has 0 unspecified atom stereocenters. The molecule has 0 aliphatic heterocycles. The SMILES string of the molecule is CN(CCCc1ccccc1)Cc1ccccc1-c1sc2c(c1C(=O)O)CC(C)(C)CC2. The molecule has 3 aromatic rings. The molecule has 0 fully saturated rings. The minimum atomic E-state index is -0.791. The van der Waals surface area contributed by atoms with Crippen molar-refractivity contribution < 1.29 is 9.90 Å². The van der Waals surface area contributed by atoms with Crippen LogP contribution in [0.15, 0.2) is 54.6 Å². The van der Waals surface area contributed by atoms with Crippen LogP contribution in [0.25, 0.3) is 10.4 Å². The topological polar surface area (TPSA) is 40.5 Å². The zero-order valence-corrected chi connectivity index (χ0v) is 20.2. The summed E-state index contributed by atoms with van der Waals surface area (Å²) in [6.45, 7) is 6.32. The average Bonchev–Trinajstić information content (AvgIpc) is 3.12. The van der Waals surface area contributed by atoms with Gasteiger partial charge in [0, 0.05) is 16.3 Å². The fraction of sp³-hybridized carbons (Fsp3) is 0.393. The van der Waals surface area contributed by atoms with Gasteiger partial charge in [-0.1, -0.05) is 68.4 Å². The van der Waals surface area contributed by atoms with Crippen molar-refractivity contribution >= 4 is 17.3 Å². The molecule has 1 aliphatic rings. The third kappa shape index (κ3) is 5.13. The van der Waals surface area contributed by atoms with E-state index in [4.69, 9.17) is 0 Å². The molecule has 1 N–H and O–H groups in total. The Kier molecular flexibility index (Phi) is 6.82. The number of nitrogens with zero attached hydrogens (tertiary/aromatic N) is 1. The number of hydrogen-bond acceptors (Lipinski definition) is 3. The Morgan fingerprint density at radius 2 is 1.81 bits per heavy atom. The van der Waals surface area contributed by atoms with Crippen LogP contribution in [0.2, 0.25) is 0 Å². The van der Waals surface area contributed by atoms with E-state index in [0.717, 1.165) is 61.2 Å². The van der Waals surface area contributed by atoms with Gasteiger partial charge in [-0.25, -0.2) is 4.79 Å². The smallest absolute Gasteiger partial charge is 0.337 e. The van der Waals surface area contributed by atoms with Gasteiger partial charge in [-0.3, -0.25) is 0 Å². The van der Waals surface area contributed by atoms with Crippen LogP contribution in [0, 0.1) is 5.41 Å². The average molecular weight is 448 g/mol. The van der Waals surface area contributed by atoms with Crippen LogP contribution in [0.4, 0.5) is 0 Å².